The van der Waals surface area contributed by atoms with Crippen LogP contribution in [0.5, 0.6) is 5.75 Å². The number of urea groups is 1. The molecule has 4 aromatic rings. The zero-order valence-corrected chi connectivity index (χ0v) is 19.2. The largest absolute Gasteiger partial charge is 0.489 e. The summed E-state index contributed by atoms with van der Waals surface area (Å²) in [6.07, 6.45) is 1.44. The van der Waals surface area contributed by atoms with Crippen LogP contribution in [0.15, 0.2) is 96.6 Å². The second kappa shape index (κ2) is 9.44. The van der Waals surface area contributed by atoms with Crippen LogP contribution in [-0.4, -0.2) is 17.8 Å². The van der Waals surface area contributed by atoms with Gasteiger partial charge in [0.05, 0.1) is 5.69 Å². The van der Waals surface area contributed by atoms with Gasteiger partial charge in [0.2, 0.25) is 0 Å². The van der Waals surface area contributed by atoms with Crippen molar-refractivity contribution < 1.29 is 19.1 Å². The third-order valence-electron chi connectivity index (χ3n) is 5.60. The molecule has 35 heavy (non-hydrogen) atoms. The molecule has 1 N–H and O–H groups in total. The first-order valence-electron chi connectivity index (χ1n) is 10.9. The fourth-order valence-corrected chi connectivity index (χ4v) is 3.93. The first-order valence-corrected chi connectivity index (χ1v) is 11.2. The molecule has 1 aliphatic rings. The lowest BCUT2D eigenvalue weighted by Crippen LogP contribution is -2.54. The number of hydrogen-bond donors (Lipinski definition) is 1. The number of barbiturate groups is 1. The number of hydrogen-bond acceptors (Lipinski definition) is 4. The number of anilines is 1. The Hall–Kier alpha value is -4.42. The molecule has 6 nitrogen and oxygen atoms in total. The predicted molar refractivity (Wildman–Crippen MR) is 135 cm³/mol. The molecule has 0 aliphatic carbocycles. The van der Waals surface area contributed by atoms with Crippen LogP contribution in [0.2, 0.25) is 5.02 Å². The van der Waals surface area contributed by atoms with Gasteiger partial charge in [-0.25, -0.2) is 9.69 Å². The second-order valence-corrected chi connectivity index (χ2v) is 8.41. The molecule has 0 unspecified atom stereocenters. The highest BCUT2D eigenvalue weighted by Gasteiger charge is 2.36. The van der Waals surface area contributed by atoms with E-state index in [4.69, 9.17) is 16.3 Å². The highest BCUT2D eigenvalue weighted by molar-refractivity contribution is 6.39. The third kappa shape index (κ3) is 4.78. The van der Waals surface area contributed by atoms with Crippen molar-refractivity contribution in [1.82, 2.24) is 5.32 Å². The summed E-state index contributed by atoms with van der Waals surface area (Å²) in [6, 6.07) is 26.7. The van der Waals surface area contributed by atoms with E-state index in [1.54, 1.807) is 36.4 Å². The first-order chi connectivity index (χ1) is 17.0. The maximum atomic E-state index is 13.0. The van der Waals surface area contributed by atoms with Crippen LogP contribution in [0.4, 0.5) is 10.5 Å². The normalized spacial score (nSPS) is 14.9. The first kappa shape index (κ1) is 22.4. The molecule has 4 amide bonds. The standard InChI is InChI=1S/C28H19ClN2O4/c29-22-9-11-23(12-10-22)31-27(33)25(26(32)30-28(31)34)16-18-6-13-24(14-7-18)35-17-19-5-8-20-3-1-2-4-21(20)15-19/h1-16H,17H2,(H,30,32,34)/b25-16+. The fraction of sp³-hybridized carbons (Fsp3) is 0.0357. The highest BCUT2D eigenvalue weighted by atomic mass is 35.5. The summed E-state index contributed by atoms with van der Waals surface area (Å²) in [6.45, 7) is 0.407. The molecule has 1 heterocycles. The summed E-state index contributed by atoms with van der Waals surface area (Å²) in [4.78, 5) is 38.6. The molecule has 1 saturated heterocycles. The van der Waals surface area contributed by atoms with E-state index in [0.717, 1.165) is 15.8 Å². The zero-order chi connectivity index (χ0) is 24.4. The molecule has 1 fully saturated rings. The molecule has 172 valence electrons. The van der Waals surface area contributed by atoms with E-state index in [1.165, 1.54) is 23.6 Å². The van der Waals surface area contributed by atoms with Crippen molar-refractivity contribution in [2.24, 2.45) is 0 Å². The molecule has 0 saturated carbocycles. The number of nitrogens with one attached hydrogen (secondary N) is 1. The number of rotatable bonds is 5. The van der Waals surface area contributed by atoms with E-state index in [0.29, 0.717) is 28.6 Å². The van der Waals surface area contributed by atoms with Crippen LogP contribution in [0, 0.1) is 0 Å². The van der Waals surface area contributed by atoms with Gasteiger partial charge in [-0.1, -0.05) is 60.1 Å². The van der Waals surface area contributed by atoms with Crippen molar-refractivity contribution >= 4 is 52.0 Å². The zero-order valence-electron chi connectivity index (χ0n) is 18.4. The van der Waals surface area contributed by atoms with Crippen molar-refractivity contribution in [3.63, 3.8) is 0 Å². The second-order valence-electron chi connectivity index (χ2n) is 7.97. The average molecular weight is 483 g/mol. The molecule has 1 aliphatic heterocycles. The summed E-state index contributed by atoms with van der Waals surface area (Å²) < 4.78 is 5.90. The number of nitrogens with zero attached hydrogens (tertiary/aromatic N) is 1. The molecule has 7 heteroatoms. The third-order valence-corrected chi connectivity index (χ3v) is 5.85. The number of benzene rings is 4. The van der Waals surface area contributed by atoms with E-state index >= 15 is 0 Å². The van der Waals surface area contributed by atoms with Gasteiger partial charge < -0.3 is 4.74 Å². The minimum Gasteiger partial charge on any atom is -0.489 e. The molecule has 0 spiro atoms. The monoisotopic (exact) mass is 482 g/mol. The van der Waals surface area contributed by atoms with E-state index < -0.39 is 17.8 Å². The highest BCUT2D eigenvalue weighted by Crippen LogP contribution is 2.24. The van der Waals surface area contributed by atoms with Crippen molar-refractivity contribution in [3.05, 3.63) is 113 Å². The van der Waals surface area contributed by atoms with Crippen LogP contribution in [0.3, 0.4) is 0 Å². The van der Waals surface area contributed by atoms with Crippen LogP contribution in [0.1, 0.15) is 11.1 Å². The van der Waals surface area contributed by atoms with Crippen molar-refractivity contribution in [3.8, 4) is 5.75 Å². The Labute approximate surface area is 206 Å². The van der Waals surface area contributed by atoms with Gasteiger partial charge in [0.1, 0.15) is 17.9 Å². The molecule has 0 aromatic heterocycles. The summed E-state index contributed by atoms with van der Waals surface area (Å²) in [5.74, 6) is -0.808. The number of halogens is 1. The number of fused-ring (bicyclic) bond motifs is 1. The smallest absolute Gasteiger partial charge is 0.335 e. The van der Waals surface area contributed by atoms with Crippen molar-refractivity contribution in [1.29, 1.82) is 0 Å². The lowest BCUT2D eigenvalue weighted by atomic mass is 10.1. The molecular formula is C28H19ClN2O4. The maximum absolute atomic E-state index is 13.0. The van der Waals surface area contributed by atoms with Gasteiger partial charge in [0.15, 0.2) is 0 Å². The topological polar surface area (TPSA) is 75.7 Å². The minimum atomic E-state index is -0.808. The van der Waals surface area contributed by atoms with Gasteiger partial charge in [0.25, 0.3) is 11.8 Å². The summed E-state index contributed by atoms with van der Waals surface area (Å²) in [5.41, 5.74) is 1.83. The predicted octanol–water partition coefficient (Wildman–Crippen LogP) is 5.74. The Morgan fingerprint density at radius 2 is 1.54 bits per heavy atom. The van der Waals surface area contributed by atoms with Gasteiger partial charge in [-0.3, -0.25) is 14.9 Å². The van der Waals surface area contributed by atoms with Gasteiger partial charge >= 0.3 is 6.03 Å². The van der Waals surface area contributed by atoms with E-state index in [1.807, 2.05) is 18.2 Å². The summed E-state index contributed by atoms with van der Waals surface area (Å²) in [5, 5.41) is 5.00. The number of amides is 4. The van der Waals surface area contributed by atoms with Crippen LogP contribution in [0.25, 0.3) is 16.8 Å². The molecular weight excluding hydrogens is 464 g/mol. The van der Waals surface area contributed by atoms with Crippen molar-refractivity contribution in [2.75, 3.05) is 4.90 Å². The van der Waals surface area contributed by atoms with Gasteiger partial charge in [-0.05, 0) is 70.4 Å². The van der Waals surface area contributed by atoms with Gasteiger partial charge in [-0.2, -0.15) is 0 Å². The Morgan fingerprint density at radius 1 is 0.829 bits per heavy atom. The quantitative estimate of drug-likeness (QED) is 0.291. The number of carbonyl (C=O) groups is 3. The molecule has 5 rings (SSSR count). The van der Waals surface area contributed by atoms with Crippen molar-refractivity contribution in [2.45, 2.75) is 6.61 Å². The lowest BCUT2D eigenvalue weighted by Gasteiger charge is -2.26. The Morgan fingerprint density at radius 3 is 2.29 bits per heavy atom. The Kier molecular flexibility index (Phi) is 6.04. The Bertz CT molecular complexity index is 1480. The number of carbonyl (C=O) groups excluding carboxylic acids is 3. The fourth-order valence-electron chi connectivity index (χ4n) is 3.80. The summed E-state index contributed by atoms with van der Waals surface area (Å²) in [7, 11) is 0. The Balaban J connectivity index is 1.31. The molecule has 0 atom stereocenters. The molecule has 0 radical (unpaired) electrons. The van der Waals surface area contributed by atoms with Crippen LogP contribution < -0.4 is 15.0 Å². The lowest BCUT2D eigenvalue weighted by molar-refractivity contribution is -0.122. The van der Waals surface area contributed by atoms with Gasteiger partial charge in [0, 0.05) is 5.02 Å². The molecule has 4 aromatic carbocycles. The van der Waals surface area contributed by atoms with E-state index in [2.05, 4.69) is 29.6 Å². The number of imide groups is 2. The minimum absolute atomic E-state index is 0.149. The van der Waals surface area contributed by atoms with E-state index in [-0.39, 0.29) is 5.57 Å². The van der Waals surface area contributed by atoms with Gasteiger partial charge in [-0.15, -0.1) is 0 Å². The summed E-state index contributed by atoms with van der Waals surface area (Å²) >= 11 is 5.90. The van der Waals surface area contributed by atoms with Crippen LogP contribution >= 0.6 is 11.6 Å². The maximum Gasteiger partial charge on any atom is 0.335 e. The molecule has 0 bridgehead atoms. The average Bonchev–Trinajstić information content (AvgIpc) is 2.87. The SMILES string of the molecule is O=C1NC(=O)N(c2ccc(Cl)cc2)C(=O)/C1=C/c1ccc(OCc2ccc3ccccc3c2)cc1. The van der Waals surface area contributed by atoms with E-state index in [9.17, 15) is 14.4 Å². The number of ether oxygens (including phenoxy) is 1. The van der Waals surface area contributed by atoms with Crippen LogP contribution in [-0.2, 0) is 16.2 Å².